The summed E-state index contributed by atoms with van der Waals surface area (Å²) in [6.45, 7) is 0.645. The summed E-state index contributed by atoms with van der Waals surface area (Å²) in [6, 6.07) is 16.9. The molecule has 0 bridgehead atoms. The summed E-state index contributed by atoms with van der Waals surface area (Å²) in [4.78, 5) is 13.0. The maximum atomic E-state index is 13.2. The average molecular weight is 443 g/mol. The Hall–Kier alpha value is -2.22. The summed E-state index contributed by atoms with van der Waals surface area (Å²) in [5.74, 6) is -0.403. The summed E-state index contributed by atoms with van der Waals surface area (Å²) in [5, 5.41) is 12.7. The van der Waals surface area contributed by atoms with Gasteiger partial charge in [-0.2, -0.15) is 4.31 Å². The molecule has 0 unspecified atom stereocenters. The third-order valence-electron chi connectivity index (χ3n) is 6.40. The van der Waals surface area contributed by atoms with E-state index in [-0.39, 0.29) is 35.4 Å². The van der Waals surface area contributed by atoms with E-state index in [2.05, 4.69) is 5.32 Å². The van der Waals surface area contributed by atoms with E-state index in [1.165, 1.54) is 4.31 Å². The quantitative estimate of drug-likeness (QED) is 0.745. The van der Waals surface area contributed by atoms with Crippen LogP contribution in [0.3, 0.4) is 0 Å². The molecule has 1 aliphatic heterocycles. The van der Waals surface area contributed by atoms with Crippen LogP contribution in [0.2, 0.25) is 0 Å². The Balaban J connectivity index is 1.41. The minimum Gasteiger partial charge on any atom is -0.393 e. The molecule has 1 saturated heterocycles. The van der Waals surface area contributed by atoms with Crippen molar-refractivity contribution in [3.05, 3.63) is 54.6 Å². The zero-order valence-corrected chi connectivity index (χ0v) is 18.4. The number of carbonyl (C=O) groups is 1. The van der Waals surface area contributed by atoms with E-state index in [4.69, 9.17) is 0 Å². The summed E-state index contributed by atoms with van der Waals surface area (Å²) in [6.07, 6.45) is 4.05. The number of nitrogens with one attached hydrogen (secondary N) is 1. The van der Waals surface area contributed by atoms with Gasteiger partial charge < -0.3 is 10.4 Å². The number of nitrogens with zero attached hydrogens (tertiary/aromatic N) is 1. The zero-order valence-electron chi connectivity index (χ0n) is 17.6. The number of carbonyl (C=O) groups excluding carboxylic acids is 1. The Labute approximate surface area is 184 Å². The van der Waals surface area contributed by atoms with Gasteiger partial charge in [-0.05, 0) is 61.8 Å². The number of aliphatic hydroxyl groups excluding tert-OH is 1. The molecular weight excluding hydrogens is 412 g/mol. The van der Waals surface area contributed by atoms with Gasteiger partial charge >= 0.3 is 0 Å². The fourth-order valence-electron chi connectivity index (χ4n) is 4.51. The van der Waals surface area contributed by atoms with E-state index in [9.17, 15) is 18.3 Å². The van der Waals surface area contributed by atoms with Gasteiger partial charge in [0.1, 0.15) is 0 Å². The summed E-state index contributed by atoms with van der Waals surface area (Å²) < 4.78 is 27.8. The molecule has 2 aromatic carbocycles. The van der Waals surface area contributed by atoms with Crippen LogP contribution in [-0.2, 0) is 14.8 Å². The third kappa shape index (κ3) is 5.17. The molecule has 2 N–H and O–H groups in total. The molecule has 1 atom stereocenters. The first-order valence-corrected chi connectivity index (χ1v) is 12.5. The van der Waals surface area contributed by atoms with Gasteiger partial charge in [0.15, 0.2) is 0 Å². The van der Waals surface area contributed by atoms with Crippen molar-refractivity contribution in [2.75, 3.05) is 13.1 Å². The SMILES string of the molecule is O=C(NC1CCC(O)CC1)[C@H]1CCCN(S(=O)(=O)c2ccc(-c3ccccc3)cc2)C1. The topological polar surface area (TPSA) is 86.7 Å². The number of aliphatic hydroxyl groups is 1. The van der Waals surface area contributed by atoms with Crippen molar-refractivity contribution < 1.29 is 18.3 Å². The Bertz CT molecular complexity index is 984. The second kappa shape index (κ2) is 9.51. The smallest absolute Gasteiger partial charge is 0.243 e. The molecule has 0 aromatic heterocycles. The highest BCUT2D eigenvalue weighted by Gasteiger charge is 2.34. The predicted octanol–water partition coefficient (Wildman–Crippen LogP) is 3.17. The molecule has 7 heteroatoms. The van der Waals surface area contributed by atoms with Crippen molar-refractivity contribution in [1.82, 2.24) is 9.62 Å². The van der Waals surface area contributed by atoms with Crippen LogP contribution in [0.15, 0.2) is 59.5 Å². The van der Waals surface area contributed by atoms with E-state index >= 15 is 0 Å². The molecule has 4 rings (SSSR count). The van der Waals surface area contributed by atoms with Crippen LogP contribution in [0.5, 0.6) is 0 Å². The summed E-state index contributed by atoms with van der Waals surface area (Å²) in [7, 11) is -3.65. The number of sulfonamides is 1. The zero-order chi connectivity index (χ0) is 21.8. The van der Waals surface area contributed by atoms with Crippen LogP contribution in [-0.4, -0.2) is 49.0 Å². The van der Waals surface area contributed by atoms with Gasteiger partial charge in [0.2, 0.25) is 15.9 Å². The standard InChI is InChI=1S/C24H30N2O4S/c27-22-12-10-21(11-13-22)25-24(28)20-7-4-16-26(17-20)31(29,30)23-14-8-19(9-15-23)18-5-2-1-3-6-18/h1-3,5-6,8-9,14-15,20-22,27H,4,7,10-13,16-17H2,(H,25,28)/t20-,21?,22?/m0/s1. The van der Waals surface area contributed by atoms with Gasteiger partial charge in [-0.25, -0.2) is 8.42 Å². The molecule has 1 amide bonds. The fourth-order valence-corrected chi connectivity index (χ4v) is 6.04. The number of rotatable bonds is 5. The highest BCUT2D eigenvalue weighted by molar-refractivity contribution is 7.89. The van der Waals surface area contributed by atoms with Crippen molar-refractivity contribution >= 4 is 15.9 Å². The van der Waals surface area contributed by atoms with Gasteiger partial charge in [-0.15, -0.1) is 0 Å². The number of hydrogen-bond donors (Lipinski definition) is 2. The molecule has 2 aromatic rings. The predicted molar refractivity (Wildman–Crippen MR) is 120 cm³/mol. The number of benzene rings is 2. The molecule has 31 heavy (non-hydrogen) atoms. The lowest BCUT2D eigenvalue weighted by atomic mass is 9.92. The van der Waals surface area contributed by atoms with Crippen molar-refractivity contribution in [1.29, 1.82) is 0 Å². The van der Waals surface area contributed by atoms with Gasteiger partial charge in [0.05, 0.1) is 16.9 Å². The molecule has 166 valence electrons. The van der Waals surface area contributed by atoms with Crippen molar-refractivity contribution in [2.45, 2.75) is 55.6 Å². The van der Waals surface area contributed by atoms with Gasteiger partial charge in [-0.1, -0.05) is 42.5 Å². The Kier molecular flexibility index (Phi) is 6.74. The summed E-state index contributed by atoms with van der Waals surface area (Å²) in [5.41, 5.74) is 2.00. The molecule has 1 heterocycles. The van der Waals surface area contributed by atoms with Crippen LogP contribution >= 0.6 is 0 Å². The first-order valence-electron chi connectivity index (χ1n) is 11.1. The normalized spacial score (nSPS) is 25.1. The lowest BCUT2D eigenvalue weighted by molar-refractivity contribution is -0.127. The second-order valence-electron chi connectivity index (χ2n) is 8.61. The average Bonchev–Trinajstić information content (AvgIpc) is 2.81. The van der Waals surface area contributed by atoms with Crippen LogP contribution in [0, 0.1) is 5.92 Å². The molecule has 2 fully saturated rings. The number of hydrogen-bond acceptors (Lipinski definition) is 4. The molecule has 0 spiro atoms. The second-order valence-corrected chi connectivity index (χ2v) is 10.5. The fraction of sp³-hybridized carbons (Fsp3) is 0.458. The van der Waals surface area contributed by atoms with Gasteiger partial charge in [0, 0.05) is 19.1 Å². The highest BCUT2D eigenvalue weighted by atomic mass is 32.2. The molecule has 6 nitrogen and oxygen atoms in total. The first-order chi connectivity index (χ1) is 14.9. The Morgan fingerprint density at radius 2 is 1.55 bits per heavy atom. The maximum absolute atomic E-state index is 13.2. The van der Waals surface area contributed by atoms with Crippen molar-refractivity contribution in [2.24, 2.45) is 5.92 Å². The Morgan fingerprint density at radius 1 is 0.903 bits per heavy atom. The van der Waals surface area contributed by atoms with Crippen LogP contribution in [0.1, 0.15) is 38.5 Å². The van der Waals surface area contributed by atoms with Crippen LogP contribution in [0.4, 0.5) is 0 Å². The van der Waals surface area contributed by atoms with Crippen molar-refractivity contribution in [3.8, 4) is 11.1 Å². The minimum atomic E-state index is -3.65. The van der Waals surface area contributed by atoms with E-state index in [1.54, 1.807) is 12.1 Å². The number of amides is 1. The molecule has 0 radical (unpaired) electrons. The number of piperidine rings is 1. The van der Waals surface area contributed by atoms with E-state index in [0.717, 1.165) is 24.0 Å². The minimum absolute atomic E-state index is 0.0688. The molecule has 1 saturated carbocycles. The first kappa shape index (κ1) is 22.0. The summed E-state index contributed by atoms with van der Waals surface area (Å²) >= 11 is 0. The lowest BCUT2D eigenvalue weighted by Crippen LogP contribution is -2.48. The van der Waals surface area contributed by atoms with Gasteiger partial charge in [0.25, 0.3) is 0 Å². The van der Waals surface area contributed by atoms with E-state index in [0.29, 0.717) is 32.2 Å². The van der Waals surface area contributed by atoms with E-state index < -0.39 is 10.0 Å². The van der Waals surface area contributed by atoms with Crippen molar-refractivity contribution in [3.63, 3.8) is 0 Å². The maximum Gasteiger partial charge on any atom is 0.243 e. The molecular formula is C24H30N2O4S. The third-order valence-corrected chi connectivity index (χ3v) is 8.28. The van der Waals surface area contributed by atoms with Crippen LogP contribution in [0.25, 0.3) is 11.1 Å². The van der Waals surface area contributed by atoms with Gasteiger partial charge in [-0.3, -0.25) is 4.79 Å². The monoisotopic (exact) mass is 442 g/mol. The van der Waals surface area contributed by atoms with Crippen LogP contribution < -0.4 is 5.32 Å². The highest BCUT2D eigenvalue weighted by Crippen LogP contribution is 2.27. The van der Waals surface area contributed by atoms with E-state index in [1.807, 2.05) is 42.5 Å². The molecule has 2 aliphatic rings. The molecule has 1 aliphatic carbocycles. The Morgan fingerprint density at radius 3 is 2.23 bits per heavy atom. The largest absolute Gasteiger partial charge is 0.393 e. The lowest BCUT2D eigenvalue weighted by Gasteiger charge is -2.33.